The normalized spacial score (nSPS) is 10.9. The van der Waals surface area contributed by atoms with E-state index in [0.29, 0.717) is 6.42 Å². The molecule has 4 rings (SSSR count). The van der Waals surface area contributed by atoms with Gasteiger partial charge in [0.25, 0.3) is 5.56 Å². The summed E-state index contributed by atoms with van der Waals surface area (Å²) >= 11 is 0. The van der Waals surface area contributed by atoms with E-state index in [4.69, 9.17) is 0 Å². The molecule has 0 aliphatic heterocycles. The number of hydrogen-bond acceptors (Lipinski definition) is 5. The van der Waals surface area contributed by atoms with E-state index in [0.717, 1.165) is 27.7 Å². The van der Waals surface area contributed by atoms with Crippen molar-refractivity contribution in [3.05, 3.63) is 76.0 Å². The average Bonchev–Trinajstić information content (AvgIpc) is 3.11. The number of amides is 1. The second kappa shape index (κ2) is 8.16. The molecule has 0 unspecified atom stereocenters. The molecule has 0 atom stereocenters. The maximum absolute atomic E-state index is 13.9. The molecular weight excluding hydrogens is 387 g/mol. The summed E-state index contributed by atoms with van der Waals surface area (Å²) in [6, 6.07) is 14.2. The SMILES string of the molecule is Cc1nnc(NNC(=O)CCc2c(-c3ccccc3)[nH]c3ccc(F)cc23)[nH]c1=O. The van der Waals surface area contributed by atoms with E-state index in [2.05, 4.69) is 31.0 Å². The molecule has 0 saturated carbocycles. The number of hydrazine groups is 1. The number of aryl methyl sites for hydroxylation is 2. The van der Waals surface area contributed by atoms with Gasteiger partial charge >= 0.3 is 0 Å². The first-order valence-electron chi connectivity index (χ1n) is 9.35. The zero-order valence-corrected chi connectivity index (χ0v) is 16.1. The molecule has 8 nitrogen and oxygen atoms in total. The summed E-state index contributed by atoms with van der Waals surface area (Å²) in [6.07, 6.45) is 0.525. The zero-order chi connectivity index (χ0) is 21.1. The van der Waals surface area contributed by atoms with E-state index in [1.165, 1.54) is 19.1 Å². The van der Waals surface area contributed by atoms with Gasteiger partial charge in [-0.05, 0) is 42.7 Å². The van der Waals surface area contributed by atoms with Crippen molar-refractivity contribution in [3.63, 3.8) is 0 Å². The Bertz CT molecular complexity index is 1270. The number of carbonyl (C=O) groups excluding carboxylic acids is 1. The number of anilines is 1. The Morgan fingerprint density at radius 1 is 1.10 bits per heavy atom. The Morgan fingerprint density at radius 2 is 1.90 bits per heavy atom. The van der Waals surface area contributed by atoms with Gasteiger partial charge in [-0.3, -0.25) is 25.4 Å². The highest BCUT2D eigenvalue weighted by atomic mass is 19.1. The molecule has 0 bridgehead atoms. The van der Waals surface area contributed by atoms with Gasteiger partial charge in [-0.2, -0.15) is 0 Å². The van der Waals surface area contributed by atoms with Crippen LogP contribution in [-0.4, -0.2) is 26.1 Å². The monoisotopic (exact) mass is 406 g/mol. The highest BCUT2D eigenvalue weighted by Gasteiger charge is 2.15. The molecule has 2 heterocycles. The fourth-order valence-electron chi connectivity index (χ4n) is 3.21. The van der Waals surface area contributed by atoms with E-state index in [1.807, 2.05) is 30.3 Å². The van der Waals surface area contributed by atoms with E-state index in [9.17, 15) is 14.0 Å². The summed E-state index contributed by atoms with van der Waals surface area (Å²) in [5.74, 6) is -0.614. The summed E-state index contributed by atoms with van der Waals surface area (Å²) in [7, 11) is 0. The van der Waals surface area contributed by atoms with Gasteiger partial charge < -0.3 is 4.98 Å². The minimum atomic E-state index is -0.393. The third-order valence-corrected chi connectivity index (χ3v) is 4.71. The lowest BCUT2D eigenvalue weighted by molar-refractivity contribution is -0.120. The average molecular weight is 406 g/mol. The van der Waals surface area contributed by atoms with Gasteiger partial charge in [-0.15, -0.1) is 10.2 Å². The lowest BCUT2D eigenvalue weighted by atomic mass is 10.0. The number of fused-ring (bicyclic) bond motifs is 1. The number of H-pyrrole nitrogens is 2. The topological polar surface area (TPSA) is 116 Å². The lowest BCUT2D eigenvalue weighted by Crippen LogP contribution is -2.32. The van der Waals surface area contributed by atoms with Crippen molar-refractivity contribution < 1.29 is 9.18 Å². The molecule has 152 valence electrons. The van der Waals surface area contributed by atoms with Crippen molar-refractivity contribution in [2.45, 2.75) is 19.8 Å². The van der Waals surface area contributed by atoms with E-state index in [-0.39, 0.29) is 29.8 Å². The fraction of sp³-hybridized carbons (Fsp3) is 0.143. The van der Waals surface area contributed by atoms with E-state index in [1.54, 1.807) is 6.07 Å². The molecule has 1 amide bonds. The Kier molecular flexibility index (Phi) is 5.25. The quantitative estimate of drug-likeness (QED) is 0.368. The first-order valence-corrected chi connectivity index (χ1v) is 9.35. The van der Waals surface area contributed by atoms with Crippen molar-refractivity contribution in [1.82, 2.24) is 25.6 Å². The molecule has 0 fully saturated rings. The first-order chi connectivity index (χ1) is 14.5. The molecule has 0 radical (unpaired) electrons. The molecule has 9 heteroatoms. The minimum Gasteiger partial charge on any atom is -0.354 e. The highest BCUT2D eigenvalue weighted by Crippen LogP contribution is 2.31. The number of benzene rings is 2. The standard InChI is InChI=1S/C21H19FN6O2/c1-12-20(30)24-21(27-25-12)28-26-18(29)10-8-15-16-11-14(22)7-9-17(16)23-19(15)13-5-3-2-4-6-13/h2-7,9,11,23H,8,10H2,1H3,(H,26,29)(H2,24,27,28,30). The summed E-state index contributed by atoms with van der Waals surface area (Å²) < 4.78 is 13.9. The van der Waals surface area contributed by atoms with E-state index < -0.39 is 5.56 Å². The number of aromatic nitrogens is 4. The van der Waals surface area contributed by atoms with E-state index >= 15 is 0 Å². The number of aromatic amines is 2. The van der Waals surface area contributed by atoms with Gasteiger partial charge in [0.1, 0.15) is 11.5 Å². The molecule has 30 heavy (non-hydrogen) atoms. The van der Waals surface area contributed by atoms with Crippen LogP contribution in [0.3, 0.4) is 0 Å². The number of carbonyl (C=O) groups is 1. The molecule has 4 N–H and O–H groups in total. The summed E-state index contributed by atoms with van der Waals surface area (Å²) in [4.78, 5) is 29.6. The predicted octanol–water partition coefficient (Wildman–Crippen LogP) is 2.84. The van der Waals surface area contributed by atoms with Gasteiger partial charge in [0.2, 0.25) is 11.9 Å². The van der Waals surface area contributed by atoms with Crippen molar-refractivity contribution >= 4 is 22.8 Å². The summed E-state index contributed by atoms with van der Waals surface area (Å²) in [6.45, 7) is 1.53. The van der Waals surface area contributed by atoms with Gasteiger partial charge in [-0.25, -0.2) is 4.39 Å². The van der Waals surface area contributed by atoms with Crippen molar-refractivity contribution in [1.29, 1.82) is 0 Å². The smallest absolute Gasteiger partial charge is 0.274 e. The maximum Gasteiger partial charge on any atom is 0.274 e. The molecule has 0 saturated heterocycles. The molecule has 4 aromatic rings. The van der Waals surface area contributed by atoms with Crippen LogP contribution in [0.15, 0.2) is 53.3 Å². The minimum absolute atomic E-state index is 0.0399. The van der Waals surface area contributed by atoms with Crippen LogP contribution in [0.1, 0.15) is 17.7 Å². The fourth-order valence-corrected chi connectivity index (χ4v) is 3.21. The number of rotatable bonds is 6. The predicted molar refractivity (Wildman–Crippen MR) is 111 cm³/mol. The maximum atomic E-state index is 13.9. The second-order valence-corrected chi connectivity index (χ2v) is 6.80. The van der Waals surface area contributed by atoms with Gasteiger partial charge in [0.15, 0.2) is 0 Å². The number of nitrogens with zero attached hydrogens (tertiary/aromatic N) is 2. The van der Waals surface area contributed by atoms with Gasteiger partial charge in [-0.1, -0.05) is 30.3 Å². The Morgan fingerprint density at radius 3 is 2.67 bits per heavy atom. The molecule has 0 aliphatic carbocycles. The van der Waals surface area contributed by atoms with Crippen LogP contribution in [0.2, 0.25) is 0 Å². The number of hydrogen-bond donors (Lipinski definition) is 4. The van der Waals surface area contributed by atoms with Crippen LogP contribution >= 0.6 is 0 Å². The van der Waals surface area contributed by atoms with Crippen LogP contribution in [0.4, 0.5) is 10.3 Å². The van der Waals surface area contributed by atoms with Crippen LogP contribution in [-0.2, 0) is 11.2 Å². The Hall–Kier alpha value is -4.01. The van der Waals surface area contributed by atoms with Crippen LogP contribution in [0.5, 0.6) is 0 Å². The lowest BCUT2D eigenvalue weighted by Gasteiger charge is -2.08. The Labute approximate surface area is 170 Å². The van der Waals surface area contributed by atoms with Crippen LogP contribution in [0.25, 0.3) is 22.2 Å². The van der Waals surface area contributed by atoms with Crippen molar-refractivity contribution in [3.8, 4) is 11.3 Å². The highest BCUT2D eigenvalue weighted by molar-refractivity contribution is 5.91. The number of nitrogens with one attached hydrogen (secondary N) is 4. The van der Waals surface area contributed by atoms with Gasteiger partial charge in [0.05, 0.1) is 0 Å². The van der Waals surface area contributed by atoms with Crippen LogP contribution < -0.4 is 16.4 Å². The Balaban J connectivity index is 1.52. The molecule has 0 spiro atoms. The molecule has 2 aromatic heterocycles. The molecular formula is C21H19FN6O2. The van der Waals surface area contributed by atoms with Crippen molar-refractivity contribution in [2.24, 2.45) is 0 Å². The van der Waals surface area contributed by atoms with Crippen LogP contribution in [0, 0.1) is 12.7 Å². The summed E-state index contributed by atoms with van der Waals surface area (Å²) in [5.41, 5.74) is 8.32. The third-order valence-electron chi connectivity index (χ3n) is 4.71. The largest absolute Gasteiger partial charge is 0.354 e. The molecule has 2 aromatic carbocycles. The number of halogens is 1. The third kappa shape index (κ3) is 4.04. The second-order valence-electron chi connectivity index (χ2n) is 6.80. The van der Waals surface area contributed by atoms with Gasteiger partial charge in [0, 0.05) is 23.0 Å². The molecule has 0 aliphatic rings. The van der Waals surface area contributed by atoms with Crippen molar-refractivity contribution in [2.75, 3.05) is 5.43 Å². The zero-order valence-electron chi connectivity index (χ0n) is 16.1. The summed E-state index contributed by atoms with van der Waals surface area (Å²) in [5, 5.41) is 8.17. The first kappa shape index (κ1) is 19.3.